The van der Waals surface area contributed by atoms with E-state index in [1.165, 1.54) is 0 Å². The van der Waals surface area contributed by atoms with E-state index < -0.39 is 0 Å². The molecule has 0 radical (unpaired) electrons. The van der Waals surface area contributed by atoms with E-state index in [0.717, 1.165) is 28.5 Å². The molecule has 1 aliphatic heterocycles. The highest BCUT2D eigenvalue weighted by Crippen LogP contribution is 2.42. The summed E-state index contributed by atoms with van der Waals surface area (Å²) in [5, 5.41) is 13.9. The average molecular weight is 443 g/mol. The van der Waals surface area contributed by atoms with Gasteiger partial charge in [-0.2, -0.15) is 0 Å². The van der Waals surface area contributed by atoms with Crippen molar-refractivity contribution in [3.63, 3.8) is 0 Å². The summed E-state index contributed by atoms with van der Waals surface area (Å²) < 4.78 is 7.47. The van der Waals surface area contributed by atoms with Gasteiger partial charge in [-0.25, -0.2) is 0 Å². The van der Waals surface area contributed by atoms with Gasteiger partial charge in [-0.3, -0.25) is 4.98 Å². The van der Waals surface area contributed by atoms with E-state index in [4.69, 9.17) is 17.0 Å². The van der Waals surface area contributed by atoms with Crippen LogP contribution in [0.15, 0.2) is 91.3 Å². The van der Waals surface area contributed by atoms with Gasteiger partial charge in [0.05, 0.1) is 18.8 Å². The molecule has 1 aliphatic rings. The molecule has 2 aromatic carbocycles. The van der Waals surface area contributed by atoms with Gasteiger partial charge >= 0.3 is 0 Å². The van der Waals surface area contributed by atoms with Gasteiger partial charge in [0.2, 0.25) is 0 Å². The molecule has 0 amide bonds. The number of phenolic OH excluding ortho intramolecular Hbond substituents is 1. The molecule has 3 heterocycles. The summed E-state index contributed by atoms with van der Waals surface area (Å²) in [6.07, 6.45) is 3.84. The van der Waals surface area contributed by atoms with Crippen LogP contribution in [-0.2, 0) is 0 Å². The zero-order valence-electron chi connectivity index (χ0n) is 17.4. The number of nitrogens with zero attached hydrogens (tertiary/aromatic N) is 3. The number of thiocarbonyl (C=S) groups is 1. The fraction of sp³-hybridized carbons (Fsp3) is 0.120. The largest absolute Gasteiger partial charge is 0.508 e. The molecule has 32 heavy (non-hydrogen) atoms. The Hall–Kier alpha value is -3.84. The first-order valence-electron chi connectivity index (χ1n) is 10.3. The fourth-order valence-electron chi connectivity index (χ4n) is 4.16. The van der Waals surface area contributed by atoms with Crippen LogP contribution in [0, 0.1) is 0 Å². The Labute approximate surface area is 191 Å². The van der Waals surface area contributed by atoms with Crippen LogP contribution in [0.1, 0.15) is 23.5 Å². The van der Waals surface area contributed by atoms with Crippen LogP contribution in [0.4, 0.5) is 5.69 Å². The van der Waals surface area contributed by atoms with Crippen LogP contribution in [-0.4, -0.2) is 26.9 Å². The molecule has 1 saturated heterocycles. The van der Waals surface area contributed by atoms with Crippen molar-refractivity contribution in [1.82, 2.24) is 14.9 Å². The van der Waals surface area contributed by atoms with Gasteiger partial charge in [0.25, 0.3) is 0 Å². The fourth-order valence-corrected chi connectivity index (χ4v) is 4.51. The number of benzene rings is 2. The van der Waals surface area contributed by atoms with Crippen LogP contribution >= 0.6 is 12.2 Å². The Bertz CT molecular complexity index is 1220. The molecular weight excluding hydrogens is 420 g/mol. The maximum Gasteiger partial charge on any atom is 0.174 e. The smallest absolute Gasteiger partial charge is 0.174 e. The normalized spacial score (nSPS) is 17.9. The number of hydrogen-bond acceptors (Lipinski definition) is 4. The standard InChI is InChI=1S/C25H22N4O2S/c1-31-20-13-9-17(10-14-20)28-16-4-6-22(28)24-23(21-5-2-3-15-26-21)27-25(32)29(24)18-7-11-19(30)12-8-18/h2-16,23-24,30H,1H3,(H,27,32). The summed E-state index contributed by atoms with van der Waals surface area (Å²) >= 11 is 5.77. The summed E-state index contributed by atoms with van der Waals surface area (Å²) in [5.41, 5.74) is 3.88. The van der Waals surface area contributed by atoms with Crippen molar-refractivity contribution >= 4 is 23.0 Å². The lowest BCUT2D eigenvalue weighted by Crippen LogP contribution is -2.30. The molecule has 0 bridgehead atoms. The van der Waals surface area contributed by atoms with E-state index in [2.05, 4.69) is 25.8 Å². The van der Waals surface area contributed by atoms with Gasteiger partial charge < -0.3 is 24.6 Å². The van der Waals surface area contributed by atoms with E-state index >= 15 is 0 Å². The zero-order chi connectivity index (χ0) is 22.1. The van der Waals surface area contributed by atoms with Crippen LogP contribution in [0.2, 0.25) is 0 Å². The van der Waals surface area contributed by atoms with Gasteiger partial charge in [-0.1, -0.05) is 6.07 Å². The highest BCUT2D eigenvalue weighted by Gasteiger charge is 2.42. The number of pyridine rings is 1. The molecule has 7 heteroatoms. The lowest BCUT2D eigenvalue weighted by atomic mass is 10.0. The third-order valence-corrected chi connectivity index (χ3v) is 5.97. The number of rotatable bonds is 5. The van der Waals surface area contributed by atoms with Crippen molar-refractivity contribution in [2.24, 2.45) is 0 Å². The number of nitrogens with one attached hydrogen (secondary N) is 1. The summed E-state index contributed by atoms with van der Waals surface area (Å²) in [5.74, 6) is 1.02. The first kappa shape index (κ1) is 20.1. The van der Waals surface area contributed by atoms with Crippen molar-refractivity contribution < 1.29 is 9.84 Å². The SMILES string of the molecule is COc1ccc(-n2cccc2C2C(c3ccccn3)NC(=S)N2c2ccc(O)cc2)cc1. The predicted molar refractivity (Wildman–Crippen MR) is 128 cm³/mol. The third kappa shape index (κ3) is 3.56. The number of methoxy groups -OCH3 is 1. The second kappa shape index (κ2) is 8.36. The number of aromatic nitrogens is 2. The molecule has 2 aromatic heterocycles. The van der Waals surface area contributed by atoms with E-state index in [9.17, 15) is 5.11 Å². The van der Waals surface area contributed by atoms with Crippen LogP contribution in [0.5, 0.6) is 11.5 Å². The monoisotopic (exact) mass is 442 g/mol. The summed E-state index contributed by atoms with van der Waals surface area (Å²) in [7, 11) is 1.66. The van der Waals surface area contributed by atoms with Gasteiger partial charge in [-0.15, -0.1) is 0 Å². The highest BCUT2D eigenvalue weighted by atomic mass is 32.1. The topological polar surface area (TPSA) is 62.5 Å². The zero-order valence-corrected chi connectivity index (χ0v) is 18.2. The molecule has 0 saturated carbocycles. The minimum atomic E-state index is -0.154. The van der Waals surface area contributed by atoms with Crippen molar-refractivity contribution in [3.8, 4) is 17.2 Å². The number of aromatic hydroxyl groups is 1. The van der Waals surface area contributed by atoms with E-state index in [0.29, 0.717) is 5.11 Å². The second-order valence-corrected chi connectivity index (χ2v) is 7.90. The number of anilines is 1. The van der Waals surface area contributed by atoms with Crippen LogP contribution < -0.4 is 15.0 Å². The maximum atomic E-state index is 9.79. The molecule has 1 fully saturated rings. The lowest BCUT2D eigenvalue weighted by molar-refractivity contribution is 0.414. The Morgan fingerprint density at radius 2 is 1.69 bits per heavy atom. The third-order valence-electron chi connectivity index (χ3n) is 5.66. The molecule has 160 valence electrons. The minimum Gasteiger partial charge on any atom is -0.508 e. The first-order valence-corrected chi connectivity index (χ1v) is 10.7. The van der Waals surface area contributed by atoms with Gasteiger partial charge in [0.1, 0.15) is 17.5 Å². The van der Waals surface area contributed by atoms with Gasteiger partial charge in [0, 0.05) is 29.5 Å². The molecule has 2 N–H and O–H groups in total. The number of hydrogen-bond donors (Lipinski definition) is 2. The van der Waals surface area contributed by atoms with Gasteiger partial charge in [0.15, 0.2) is 5.11 Å². The highest BCUT2D eigenvalue weighted by molar-refractivity contribution is 7.80. The molecule has 5 rings (SSSR count). The van der Waals surface area contributed by atoms with E-state index in [1.807, 2.05) is 66.9 Å². The van der Waals surface area contributed by atoms with Crippen molar-refractivity contribution in [1.29, 1.82) is 0 Å². The molecule has 0 aliphatic carbocycles. The molecular formula is C25H22N4O2S. The Morgan fingerprint density at radius 1 is 0.938 bits per heavy atom. The lowest BCUT2D eigenvalue weighted by Gasteiger charge is -2.29. The van der Waals surface area contributed by atoms with Crippen molar-refractivity contribution in [2.75, 3.05) is 12.0 Å². The van der Waals surface area contributed by atoms with Crippen LogP contribution in [0.25, 0.3) is 5.69 Å². The first-order chi connectivity index (χ1) is 15.7. The quantitative estimate of drug-likeness (QED) is 0.435. The predicted octanol–water partition coefficient (Wildman–Crippen LogP) is 4.76. The van der Waals surface area contributed by atoms with E-state index in [-0.39, 0.29) is 17.8 Å². The minimum absolute atomic E-state index is 0.149. The number of phenols is 1. The Kier molecular flexibility index (Phi) is 5.25. The molecule has 6 nitrogen and oxygen atoms in total. The van der Waals surface area contributed by atoms with Crippen molar-refractivity contribution in [2.45, 2.75) is 12.1 Å². The van der Waals surface area contributed by atoms with E-state index in [1.54, 1.807) is 25.4 Å². The summed E-state index contributed by atoms with van der Waals surface area (Å²) in [6.45, 7) is 0. The average Bonchev–Trinajstić information content (AvgIpc) is 3.44. The molecule has 4 aromatic rings. The molecule has 2 unspecified atom stereocenters. The second-order valence-electron chi connectivity index (χ2n) is 7.51. The summed E-state index contributed by atoms with van der Waals surface area (Å²) in [6, 6.07) is 24.8. The Morgan fingerprint density at radius 3 is 2.38 bits per heavy atom. The summed E-state index contributed by atoms with van der Waals surface area (Å²) in [4.78, 5) is 6.69. The molecule has 0 spiro atoms. The Balaban J connectivity index is 1.64. The van der Waals surface area contributed by atoms with Crippen molar-refractivity contribution in [3.05, 3.63) is 103 Å². The number of ether oxygens (including phenoxy) is 1. The molecule has 2 atom stereocenters. The maximum absolute atomic E-state index is 9.79. The van der Waals surface area contributed by atoms with Gasteiger partial charge in [-0.05, 0) is 85.0 Å². The van der Waals surface area contributed by atoms with Crippen LogP contribution in [0.3, 0.4) is 0 Å².